The highest BCUT2D eigenvalue weighted by Crippen LogP contribution is 2.10. The lowest BCUT2D eigenvalue weighted by Gasteiger charge is -2.01. The first-order valence-corrected chi connectivity index (χ1v) is 3.37. The maximum absolute atomic E-state index is 5.57. The monoisotopic (exact) mass is 143 g/mol. The zero-order chi connectivity index (χ0) is 6.69. The first kappa shape index (κ1) is 6.71. The molecule has 0 aliphatic carbocycles. The summed E-state index contributed by atoms with van der Waals surface area (Å²) in [7, 11) is 0. The van der Waals surface area contributed by atoms with Gasteiger partial charge in [0.15, 0.2) is 0 Å². The van der Waals surface area contributed by atoms with Gasteiger partial charge in [0.1, 0.15) is 5.76 Å². The molecule has 3 heteroatoms. The normalized spacial score (nSPS) is 13.6. The van der Waals surface area contributed by atoms with Gasteiger partial charge in [0, 0.05) is 5.75 Å². The molecule has 2 nitrogen and oxygen atoms in total. The van der Waals surface area contributed by atoms with E-state index in [9.17, 15) is 0 Å². The number of thiol groups is 1. The largest absolute Gasteiger partial charge is 0.468 e. The molecule has 1 heterocycles. The lowest BCUT2D eigenvalue weighted by molar-refractivity contribution is 0.482. The van der Waals surface area contributed by atoms with Crippen molar-refractivity contribution < 1.29 is 4.42 Å². The molecule has 1 unspecified atom stereocenters. The van der Waals surface area contributed by atoms with Gasteiger partial charge in [-0.15, -0.1) is 0 Å². The summed E-state index contributed by atoms with van der Waals surface area (Å²) in [5.41, 5.74) is 5.57. The van der Waals surface area contributed by atoms with Crippen LogP contribution in [0.5, 0.6) is 0 Å². The third-order valence-electron chi connectivity index (χ3n) is 1.11. The Labute approximate surface area is 59.5 Å². The van der Waals surface area contributed by atoms with Crippen LogP contribution in [0.15, 0.2) is 22.8 Å². The van der Waals surface area contributed by atoms with Crippen LogP contribution in [-0.4, -0.2) is 5.75 Å². The quantitative estimate of drug-likeness (QED) is 0.611. The predicted molar refractivity (Wildman–Crippen MR) is 39.5 cm³/mol. The molecule has 0 saturated carbocycles. The highest BCUT2D eigenvalue weighted by molar-refractivity contribution is 7.80. The molecule has 0 spiro atoms. The molecule has 0 saturated heterocycles. The summed E-state index contributed by atoms with van der Waals surface area (Å²) in [6.07, 6.45) is 1.61. The van der Waals surface area contributed by atoms with Crippen LogP contribution in [0.2, 0.25) is 0 Å². The van der Waals surface area contributed by atoms with E-state index >= 15 is 0 Å². The van der Waals surface area contributed by atoms with Gasteiger partial charge in [-0.2, -0.15) is 12.6 Å². The molecule has 1 rings (SSSR count). The van der Waals surface area contributed by atoms with Crippen LogP contribution in [0.3, 0.4) is 0 Å². The molecule has 1 aromatic rings. The van der Waals surface area contributed by atoms with Gasteiger partial charge in [-0.05, 0) is 12.1 Å². The van der Waals surface area contributed by atoms with Crippen LogP contribution < -0.4 is 5.73 Å². The smallest absolute Gasteiger partial charge is 0.121 e. The Bertz CT molecular complexity index is 162. The standard InChI is InChI=1S/C6H9NOS/c7-5(4-9)6-2-1-3-8-6/h1-3,5,9H,4,7H2. The highest BCUT2D eigenvalue weighted by Gasteiger charge is 2.03. The third-order valence-corrected chi connectivity index (χ3v) is 1.50. The van der Waals surface area contributed by atoms with Crippen molar-refractivity contribution in [2.75, 3.05) is 5.75 Å². The SMILES string of the molecule is NC(CS)c1ccco1. The van der Waals surface area contributed by atoms with Crippen molar-refractivity contribution >= 4 is 12.6 Å². The molecule has 0 fully saturated rings. The molecule has 0 radical (unpaired) electrons. The van der Waals surface area contributed by atoms with Gasteiger partial charge < -0.3 is 10.2 Å². The van der Waals surface area contributed by atoms with Crippen molar-refractivity contribution in [3.8, 4) is 0 Å². The van der Waals surface area contributed by atoms with Crippen LogP contribution in [0, 0.1) is 0 Å². The van der Waals surface area contributed by atoms with Crippen molar-refractivity contribution in [3.63, 3.8) is 0 Å². The van der Waals surface area contributed by atoms with E-state index in [1.807, 2.05) is 12.1 Å². The molecule has 0 aliphatic heterocycles. The fourth-order valence-electron chi connectivity index (χ4n) is 0.592. The minimum atomic E-state index is -0.0664. The van der Waals surface area contributed by atoms with Gasteiger partial charge in [-0.25, -0.2) is 0 Å². The highest BCUT2D eigenvalue weighted by atomic mass is 32.1. The zero-order valence-electron chi connectivity index (χ0n) is 4.95. The number of furan rings is 1. The van der Waals surface area contributed by atoms with E-state index in [0.717, 1.165) is 5.76 Å². The lowest BCUT2D eigenvalue weighted by Crippen LogP contribution is -2.10. The van der Waals surface area contributed by atoms with Gasteiger partial charge in [0.2, 0.25) is 0 Å². The molecule has 2 N–H and O–H groups in total. The summed E-state index contributed by atoms with van der Waals surface area (Å²) in [6.45, 7) is 0. The lowest BCUT2D eigenvalue weighted by atomic mass is 10.3. The van der Waals surface area contributed by atoms with E-state index in [1.165, 1.54) is 0 Å². The van der Waals surface area contributed by atoms with Crippen molar-refractivity contribution in [2.24, 2.45) is 5.73 Å². The van der Waals surface area contributed by atoms with Gasteiger partial charge in [-0.3, -0.25) is 0 Å². The average molecular weight is 143 g/mol. The minimum absolute atomic E-state index is 0.0664. The molecule has 0 aromatic carbocycles. The molecular formula is C6H9NOS. The third kappa shape index (κ3) is 1.50. The summed E-state index contributed by atoms with van der Waals surface area (Å²) in [6, 6.07) is 3.60. The van der Waals surface area contributed by atoms with Crippen LogP contribution in [0.1, 0.15) is 11.8 Å². The topological polar surface area (TPSA) is 39.2 Å². The van der Waals surface area contributed by atoms with Crippen LogP contribution in [0.4, 0.5) is 0 Å². The minimum Gasteiger partial charge on any atom is -0.468 e. The van der Waals surface area contributed by atoms with E-state index in [4.69, 9.17) is 10.2 Å². The second-order valence-corrected chi connectivity index (χ2v) is 2.17. The maximum atomic E-state index is 5.57. The van der Waals surface area contributed by atoms with Crippen molar-refractivity contribution in [1.29, 1.82) is 0 Å². The fourth-order valence-corrected chi connectivity index (χ4v) is 0.772. The van der Waals surface area contributed by atoms with Crippen molar-refractivity contribution in [2.45, 2.75) is 6.04 Å². The first-order chi connectivity index (χ1) is 4.34. The maximum Gasteiger partial charge on any atom is 0.121 e. The van der Waals surface area contributed by atoms with Crippen LogP contribution in [-0.2, 0) is 0 Å². The Morgan fingerprint density at radius 2 is 2.56 bits per heavy atom. The zero-order valence-corrected chi connectivity index (χ0v) is 5.84. The predicted octanol–water partition coefficient (Wildman–Crippen LogP) is 1.21. The summed E-state index contributed by atoms with van der Waals surface area (Å²) in [5, 5.41) is 0. The number of hydrogen-bond donors (Lipinski definition) is 2. The van der Waals surface area contributed by atoms with Gasteiger partial charge >= 0.3 is 0 Å². The first-order valence-electron chi connectivity index (χ1n) is 2.74. The van der Waals surface area contributed by atoms with Gasteiger partial charge in [0.25, 0.3) is 0 Å². The van der Waals surface area contributed by atoms with Gasteiger partial charge in [-0.1, -0.05) is 0 Å². The molecule has 1 atom stereocenters. The Morgan fingerprint density at radius 1 is 1.78 bits per heavy atom. The van der Waals surface area contributed by atoms with E-state index in [0.29, 0.717) is 5.75 Å². The summed E-state index contributed by atoms with van der Waals surface area (Å²) >= 11 is 4.02. The second-order valence-electron chi connectivity index (χ2n) is 1.80. The summed E-state index contributed by atoms with van der Waals surface area (Å²) in [4.78, 5) is 0. The second kappa shape index (κ2) is 2.94. The van der Waals surface area contributed by atoms with Crippen molar-refractivity contribution in [1.82, 2.24) is 0 Å². The van der Waals surface area contributed by atoms with Gasteiger partial charge in [0.05, 0.1) is 12.3 Å². The van der Waals surface area contributed by atoms with Crippen molar-refractivity contribution in [3.05, 3.63) is 24.2 Å². The number of nitrogens with two attached hydrogens (primary N) is 1. The summed E-state index contributed by atoms with van der Waals surface area (Å²) in [5.74, 6) is 1.41. The van der Waals surface area contributed by atoms with Crippen LogP contribution in [0.25, 0.3) is 0 Å². The van der Waals surface area contributed by atoms with E-state index in [-0.39, 0.29) is 6.04 Å². The molecule has 0 amide bonds. The van der Waals surface area contributed by atoms with E-state index in [2.05, 4.69) is 12.6 Å². The Hall–Kier alpha value is -0.410. The Morgan fingerprint density at radius 3 is 3.00 bits per heavy atom. The Kier molecular flexibility index (Phi) is 2.19. The number of rotatable bonds is 2. The molecule has 0 bridgehead atoms. The Balaban J connectivity index is 2.65. The molecule has 9 heavy (non-hydrogen) atoms. The molecule has 0 aliphatic rings. The number of hydrogen-bond acceptors (Lipinski definition) is 3. The average Bonchev–Trinajstić information content (AvgIpc) is 2.37. The molecule has 1 aromatic heterocycles. The molecule has 50 valence electrons. The van der Waals surface area contributed by atoms with E-state index < -0.39 is 0 Å². The van der Waals surface area contributed by atoms with E-state index in [1.54, 1.807) is 6.26 Å². The fraction of sp³-hybridized carbons (Fsp3) is 0.333. The summed E-state index contributed by atoms with van der Waals surface area (Å²) < 4.78 is 5.01. The molecular weight excluding hydrogens is 134 g/mol. The van der Waals surface area contributed by atoms with Crippen LogP contribution >= 0.6 is 12.6 Å².